The van der Waals surface area contributed by atoms with Gasteiger partial charge in [-0.1, -0.05) is 32.1 Å². The van der Waals surface area contributed by atoms with Crippen LogP contribution in [0.4, 0.5) is 0 Å². The molecule has 4 nitrogen and oxygen atoms in total. The summed E-state index contributed by atoms with van der Waals surface area (Å²) in [4.78, 5) is 22.4. The van der Waals surface area contributed by atoms with Gasteiger partial charge in [-0.05, 0) is 12.3 Å². The van der Waals surface area contributed by atoms with E-state index in [4.69, 9.17) is 9.47 Å². The molecule has 1 rings (SSSR count). The smallest absolute Gasteiger partial charge is 0.312 e. The lowest BCUT2D eigenvalue weighted by molar-refractivity contribution is -0.152. The summed E-state index contributed by atoms with van der Waals surface area (Å²) in [7, 11) is 1.38. The highest BCUT2D eigenvalue weighted by Crippen LogP contribution is 2.29. The molecule has 0 N–H and O–H groups in total. The normalized spacial score (nSPS) is 18.5. The average molecular weight is 242 g/mol. The zero-order chi connectivity index (χ0) is 12.7. The lowest BCUT2D eigenvalue weighted by Crippen LogP contribution is -2.26. The summed E-state index contributed by atoms with van der Waals surface area (Å²) in [6, 6.07) is 0. The summed E-state index contributed by atoms with van der Waals surface area (Å²) < 4.78 is 9.68. The van der Waals surface area contributed by atoms with Gasteiger partial charge in [-0.25, -0.2) is 0 Å². The lowest BCUT2D eigenvalue weighted by Gasteiger charge is -2.24. The summed E-state index contributed by atoms with van der Waals surface area (Å²) >= 11 is 0. The maximum Gasteiger partial charge on any atom is 0.312 e. The van der Waals surface area contributed by atoms with Gasteiger partial charge in [0.2, 0.25) is 0 Å². The molecule has 1 atom stereocenters. The van der Waals surface area contributed by atoms with E-state index in [9.17, 15) is 9.59 Å². The quantitative estimate of drug-likeness (QED) is 0.694. The second-order valence-corrected chi connectivity index (χ2v) is 4.76. The number of methoxy groups -OCH3 is 1. The topological polar surface area (TPSA) is 52.6 Å². The number of hydrogen-bond acceptors (Lipinski definition) is 4. The molecule has 17 heavy (non-hydrogen) atoms. The monoisotopic (exact) mass is 242 g/mol. The third-order valence-electron chi connectivity index (χ3n) is 3.36. The first-order valence-electron chi connectivity index (χ1n) is 6.34. The van der Waals surface area contributed by atoms with Gasteiger partial charge in [-0.15, -0.1) is 0 Å². The van der Waals surface area contributed by atoms with Crippen LogP contribution in [0.1, 0.15) is 45.4 Å². The largest absolute Gasteiger partial charge is 0.469 e. The zero-order valence-corrected chi connectivity index (χ0v) is 10.7. The molecule has 0 unspecified atom stereocenters. The molecule has 1 aliphatic carbocycles. The summed E-state index contributed by atoms with van der Waals surface area (Å²) in [5, 5.41) is 0. The van der Waals surface area contributed by atoms with E-state index in [0.717, 1.165) is 6.42 Å². The molecule has 1 saturated carbocycles. The van der Waals surface area contributed by atoms with E-state index in [2.05, 4.69) is 0 Å². The van der Waals surface area contributed by atoms with Crippen LogP contribution in [-0.2, 0) is 19.1 Å². The molecule has 0 aromatic rings. The number of rotatable bonds is 5. The fourth-order valence-electron chi connectivity index (χ4n) is 2.44. The van der Waals surface area contributed by atoms with Crippen molar-refractivity contribution in [3.63, 3.8) is 0 Å². The SMILES string of the molecule is COC(=O)[C@H](COC(C)=O)CC1CCCCC1. The van der Waals surface area contributed by atoms with E-state index in [1.807, 2.05) is 0 Å². The Morgan fingerprint density at radius 3 is 2.41 bits per heavy atom. The minimum Gasteiger partial charge on any atom is -0.469 e. The molecule has 0 amide bonds. The van der Waals surface area contributed by atoms with Crippen molar-refractivity contribution in [3.05, 3.63) is 0 Å². The molecule has 98 valence electrons. The maximum atomic E-state index is 11.6. The number of ether oxygens (including phenoxy) is 2. The van der Waals surface area contributed by atoms with Gasteiger partial charge >= 0.3 is 11.9 Å². The van der Waals surface area contributed by atoms with E-state index in [-0.39, 0.29) is 24.5 Å². The molecule has 4 heteroatoms. The molecule has 0 aliphatic heterocycles. The van der Waals surface area contributed by atoms with Crippen LogP contribution in [0.15, 0.2) is 0 Å². The number of esters is 2. The summed E-state index contributed by atoms with van der Waals surface area (Å²) in [6.07, 6.45) is 6.91. The summed E-state index contributed by atoms with van der Waals surface area (Å²) in [5.74, 6) is -0.338. The van der Waals surface area contributed by atoms with Crippen molar-refractivity contribution in [2.45, 2.75) is 45.4 Å². The third-order valence-corrected chi connectivity index (χ3v) is 3.36. The summed E-state index contributed by atoms with van der Waals surface area (Å²) in [6.45, 7) is 1.51. The van der Waals surface area contributed by atoms with Gasteiger partial charge in [0.25, 0.3) is 0 Å². The molecule has 0 heterocycles. The van der Waals surface area contributed by atoms with E-state index >= 15 is 0 Å². The third kappa shape index (κ3) is 5.20. The first kappa shape index (κ1) is 14.0. The number of carbonyl (C=O) groups excluding carboxylic acids is 2. The Morgan fingerprint density at radius 2 is 1.88 bits per heavy atom. The molecule has 0 radical (unpaired) electrons. The Hall–Kier alpha value is -1.06. The molecule has 0 spiro atoms. The van der Waals surface area contributed by atoms with Gasteiger partial charge in [0.05, 0.1) is 13.0 Å². The highest BCUT2D eigenvalue weighted by Gasteiger charge is 2.25. The molecule has 0 aromatic heterocycles. The van der Waals surface area contributed by atoms with Crippen molar-refractivity contribution in [2.75, 3.05) is 13.7 Å². The Morgan fingerprint density at radius 1 is 1.24 bits per heavy atom. The van der Waals surface area contributed by atoms with Crippen LogP contribution in [0.25, 0.3) is 0 Å². The lowest BCUT2D eigenvalue weighted by atomic mass is 9.83. The zero-order valence-electron chi connectivity index (χ0n) is 10.7. The van der Waals surface area contributed by atoms with Crippen molar-refractivity contribution >= 4 is 11.9 Å². The Labute approximate surface area is 103 Å². The Bertz CT molecular complexity index is 256. The van der Waals surface area contributed by atoms with Gasteiger partial charge in [0.1, 0.15) is 6.61 Å². The van der Waals surface area contributed by atoms with Crippen LogP contribution in [0.3, 0.4) is 0 Å². The van der Waals surface area contributed by atoms with Crippen molar-refractivity contribution in [3.8, 4) is 0 Å². The van der Waals surface area contributed by atoms with E-state index < -0.39 is 0 Å². The minimum absolute atomic E-state index is 0.151. The van der Waals surface area contributed by atoms with Gasteiger partial charge in [-0.3, -0.25) is 9.59 Å². The van der Waals surface area contributed by atoms with Crippen LogP contribution >= 0.6 is 0 Å². The highest BCUT2D eigenvalue weighted by atomic mass is 16.5. The van der Waals surface area contributed by atoms with Crippen LogP contribution in [0.5, 0.6) is 0 Å². The van der Waals surface area contributed by atoms with Crippen molar-refractivity contribution in [1.82, 2.24) is 0 Å². The Kier molecular flexibility index (Phi) is 6.01. The van der Waals surface area contributed by atoms with Gasteiger partial charge in [-0.2, -0.15) is 0 Å². The van der Waals surface area contributed by atoms with E-state index in [0.29, 0.717) is 5.92 Å². The molecule has 1 aliphatic rings. The fourth-order valence-corrected chi connectivity index (χ4v) is 2.44. The van der Waals surface area contributed by atoms with Crippen molar-refractivity contribution in [2.24, 2.45) is 11.8 Å². The van der Waals surface area contributed by atoms with Crippen molar-refractivity contribution < 1.29 is 19.1 Å². The standard InChI is InChI=1S/C13H22O4/c1-10(14)17-9-12(13(15)16-2)8-11-6-4-3-5-7-11/h11-12H,3-9H2,1-2H3/t12-/m0/s1. The molecular weight excluding hydrogens is 220 g/mol. The molecule has 0 saturated heterocycles. The second-order valence-electron chi connectivity index (χ2n) is 4.76. The predicted molar refractivity (Wildman–Crippen MR) is 63.3 cm³/mol. The van der Waals surface area contributed by atoms with Crippen molar-refractivity contribution in [1.29, 1.82) is 0 Å². The first-order valence-corrected chi connectivity index (χ1v) is 6.34. The van der Waals surface area contributed by atoms with Crippen LogP contribution in [0.2, 0.25) is 0 Å². The summed E-state index contributed by atoms with van der Waals surface area (Å²) in [5.41, 5.74) is 0. The first-order chi connectivity index (χ1) is 8.13. The predicted octanol–water partition coefficient (Wildman–Crippen LogP) is 2.31. The molecule has 0 aromatic carbocycles. The number of hydrogen-bond donors (Lipinski definition) is 0. The maximum absolute atomic E-state index is 11.6. The average Bonchev–Trinajstić information content (AvgIpc) is 2.34. The molecule has 1 fully saturated rings. The number of carbonyl (C=O) groups is 2. The highest BCUT2D eigenvalue weighted by molar-refractivity contribution is 5.73. The van der Waals surface area contributed by atoms with Gasteiger partial charge < -0.3 is 9.47 Å². The van der Waals surface area contributed by atoms with Crippen LogP contribution in [0, 0.1) is 11.8 Å². The van der Waals surface area contributed by atoms with Gasteiger partial charge in [0, 0.05) is 6.92 Å². The van der Waals surface area contributed by atoms with Crippen LogP contribution in [-0.4, -0.2) is 25.7 Å². The minimum atomic E-state index is -0.345. The second kappa shape index (κ2) is 7.30. The van der Waals surface area contributed by atoms with E-state index in [1.165, 1.54) is 46.1 Å². The van der Waals surface area contributed by atoms with Gasteiger partial charge in [0.15, 0.2) is 0 Å². The van der Waals surface area contributed by atoms with Crippen LogP contribution < -0.4 is 0 Å². The van der Waals surface area contributed by atoms with E-state index in [1.54, 1.807) is 0 Å². The molecule has 0 bridgehead atoms. The fraction of sp³-hybridized carbons (Fsp3) is 0.846. The molecular formula is C13H22O4. The Balaban J connectivity index is 2.43.